The molecule has 0 fully saturated rings. The van der Waals surface area contributed by atoms with Gasteiger partial charge in [-0.25, -0.2) is 4.79 Å². The SMILES string of the molecule is CCCCCCCCCC/C=C\CCCCCCCCCCCCCCCCCCCCCCCCCCCC(=O)OC(COC(=O)CCCCCCCCCCCCCCCCCCCCC/C=C\CCCCCCCCCC)COC(OCC[N+](C)(C)C)C(=O)O. The summed E-state index contributed by atoms with van der Waals surface area (Å²) in [6.45, 7) is 4.97. The molecule has 0 bridgehead atoms. The second-order valence-corrected chi connectivity index (χ2v) is 29.8. The van der Waals surface area contributed by atoms with Crippen LogP contribution in [0.5, 0.6) is 0 Å². The van der Waals surface area contributed by atoms with E-state index in [-0.39, 0.29) is 38.2 Å². The molecular formula is C84H162NO8+. The Bertz CT molecular complexity index is 1580. The normalized spacial score (nSPS) is 12.7. The van der Waals surface area contributed by atoms with Gasteiger partial charge in [0.05, 0.1) is 34.4 Å². The van der Waals surface area contributed by atoms with E-state index in [0.29, 0.717) is 17.4 Å². The molecule has 0 aliphatic carbocycles. The van der Waals surface area contributed by atoms with E-state index in [2.05, 4.69) is 38.2 Å². The minimum Gasteiger partial charge on any atom is -0.477 e. The Labute approximate surface area is 579 Å². The van der Waals surface area contributed by atoms with Crippen molar-refractivity contribution in [3.05, 3.63) is 24.3 Å². The van der Waals surface area contributed by atoms with Crippen molar-refractivity contribution in [3.63, 3.8) is 0 Å². The van der Waals surface area contributed by atoms with Crippen molar-refractivity contribution in [2.75, 3.05) is 47.5 Å². The van der Waals surface area contributed by atoms with Crippen molar-refractivity contribution in [1.82, 2.24) is 0 Å². The number of aliphatic carboxylic acids is 1. The number of carboxylic acid groups (broad SMARTS) is 1. The minimum absolute atomic E-state index is 0.174. The molecule has 9 heteroatoms. The maximum atomic E-state index is 13.0. The van der Waals surface area contributed by atoms with Crippen LogP contribution in [-0.2, 0) is 33.3 Å². The highest BCUT2D eigenvalue weighted by Crippen LogP contribution is 2.20. The fraction of sp³-hybridized carbons (Fsp3) is 0.917. The summed E-state index contributed by atoms with van der Waals surface area (Å²) in [7, 11) is 6.00. The summed E-state index contributed by atoms with van der Waals surface area (Å²) in [5, 5.41) is 9.78. The summed E-state index contributed by atoms with van der Waals surface area (Å²) in [6.07, 6.45) is 93.6. The van der Waals surface area contributed by atoms with Gasteiger partial charge in [-0.1, -0.05) is 385 Å². The first-order valence-corrected chi connectivity index (χ1v) is 41.5. The molecule has 0 heterocycles. The van der Waals surface area contributed by atoms with E-state index in [0.717, 1.165) is 38.5 Å². The third-order valence-corrected chi connectivity index (χ3v) is 19.2. The molecule has 0 radical (unpaired) electrons. The molecule has 0 saturated carbocycles. The molecule has 0 aliphatic heterocycles. The summed E-state index contributed by atoms with van der Waals surface area (Å²) >= 11 is 0. The number of quaternary nitrogens is 1. The molecule has 0 aliphatic rings. The smallest absolute Gasteiger partial charge is 0.361 e. The maximum Gasteiger partial charge on any atom is 0.361 e. The van der Waals surface area contributed by atoms with E-state index < -0.39 is 18.4 Å². The van der Waals surface area contributed by atoms with Gasteiger partial charge < -0.3 is 28.5 Å². The van der Waals surface area contributed by atoms with Crippen molar-refractivity contribution in [2.24, 2.45) is 0 Å². The van der Waals surface area contributed by atoms with Gasteiger partial charge in [-0.3, -0.25) is 9.59 Å². The number of allylic oxidation sites excluding steroid dienone is 4. The van der Waals surface area contributed by atoms with E-state index in [9.17, 15) is 19.5 Å². The summed E-state index contributed by atoms with van der Waals surface area (Å²) in [5.41, 5.74) is 0. The molecule has 0 aromatic rings. The molecule has 0 saturated heterocycles. The largest absolute Gasteiger partial charge is 0.477 e. The zero-order chi connectivity index (χ0) is 67.5. The van der Waals surface area contributed by atoms with Crippen LogP contribution >= 0.6 is 0 Å². The second kappa shape index (κ2) is 75.5. The van der Waals surface area contributed by atoms with Crippen LogP contribution in [-0.4, -0.2) is 87.4 Å². The quantitative estimate of drug-likeness (QED) is 0.0211. The Morgan fingerprint density at radius 1 is 0.312 bits per heavy atom. The molecule has 1 N–H and O–H groups in total. The Morgan fingerprint density at radius 2 is 0.548 bits per heavy atom. The Balaban J connectivity index is 3.94. The lowest BCUT2D eigenvalue weighted by molar-refractivity contribution is -0.870. The predicted octanol–water partition coefficient (Wildman–Crippen LogP) is 26.5. The van der Waals surface area contributed by atoms with Crippen molar-refractivity contribution in [3.8, 4) is 0 Å². The highest BCUT2D eigenvalue weighted by Gasteiger charge is 2.25. The molecular weight excluding hydrogens is 1150 g/mol. The zero-order valence-electron chi connectivity index (χ0n) is 63.2. The number of nitrogens with zero attached hydrogens (tertiary/aromatic N) is 1. The Kier molecular flexibility index (Phi) is 73.7. The van der Waals surface area contributed by atoms with Gasteiger partial charge in [0.15, 0.2) is 6.10 Å². The number of likely N-dealkylation sites (N-methyl/N-ethyl adjacent to an activating group) is 1. The number of ether oxygens (including phenoxy) is 4. The number of carbonyl (C=O) groups excluding carboxylic acids is 2. The van der Waals surface area contributed by atoms with Crippen LogP contribution < -0.4 is 0 Å². The third-order valence-electron chi connectivity index (χ3n) is 19.2. The number of esters is 2. The highest BCUT2D eigenvalue weighted by molar-refractivity contribution is 5.71. The van der Waals surface area contributed by atoms with Gasteiger partial charge in [-0.15, -0.1) is 0 Å². The lowest BCUT2D eigenvalue weighted by Gasteiger charge is -2.25. The van der Waals surface area contributed by atoms with Gasteiger partial charge in [0.1, 0.15) is 13.2 Å². The lowest BCUT2D eigenvalue weighted by Crippen LogP contribution is -2.40. The fourth-order valence-corrected chi connectivity index (χ4v) is 12.8. The predicted molar refractivity (Wildman–Crippen MR) is 401 cm³/mol. The van der Waals surface area contributed by atoms with E-state index in [1.54, 1.807) is 0 Å². The molecule has 0 amide bonds. The molecule has 0 aromatic carbocycles. The van der Waals surface area contributed by atoms with Gasteiger partial charge >= 0.3 is 17.9 Å². The number of unbranched alkanes of at least 4 members (excludes halogenated alkanes) is 60. The summed E-state index contributed by atoms with van der Waals surface area (Å²) in [5.74, 6) is -1.97. The Hall–Kier alpha value is -2.23. The second-order valence-electron chi connectivity index (χ2n) is 29.8. The van der Waals surface area contributed by atoms with Gasteiger partial charge in [0.2, 0.25) is 0 Å². The van der Waals surface area contributed by atoms with Crippen molar-refractivity contribution in [1.29, 1.82) is 0 Å². The molecule has 550 valence electrons. The van der Waals surface area contributed by atoms with Gasteiger partial charge in [0.25, 0.3) is 6.29 Å². The first kappa shape index (κ1) is 90.8. The molecule has 2 atom stereocenters. The first-order chi connectivity index (χ1) is 45.6. The lowest BCUT2D eigenvalue weighted by atomic mass is 10.0. The molecule has 2 unspecified atom stereocenters. The van der Waals surface area contributed by atoms with E-state index in [1.807, 2.05) is 21.1 Å². The van der Waals surface area contributed by atoms with Crippen molar-refractivity contribution < 1.29 is 42.9 Å². The van der Waals surface area contributed by atoms with Crippen LogP contribution in [0.1, 0.15) is 438 Å². The molecule has 9 nitrogen and oxygen atoms in total. The summed E-state index contributed by atoms with van der Waals surface area (Å²) in [6, 6.07) is 0. The number of hydrogen-bond acceptors (Lipinski definition) is 7. The van der Waals surface area contributed by atoms with Crippen LogP contribution in [0.2, 0.25) is 0 Å². The van der Waals surface area contributed by atoms with Gasteiger partial charge in [-0.05, 0) is 64.2 Å². The van der Waals surface area contributed by atoms with Crippen LogP contribution in [0.15, 0.2) is 24.3 Å². The Morgan fingerprint density at radius 3 is 0.796 bits per heavy atom. The zero-order valence-corrected chi connectivity index (χ0v) is 63.2. The molecule has 93 heavy (non-hydrogen) atoms. The number of carboxylic acids is 1. The number of hydrogen-bond donors (Lipinski definition) is 1. The molecule has 0 aromatic heterocycles. The average molecular weight is 1310 g/mol. The third kappa shape index (κ3) is 77.0. The average Bonchev–Trinajstić information content (AvgIpc) is 3.73. The van der Waals surface area contributed by atoms with Crippen LogP contribution in [0.25, 0.3) is 0 Å². The van der Waals surface area contributed by atoms with Crippen molar-refractivity contribution >= 4 is 17.9 Å². The minimum atomic E-state index is -1.51. The van der Waals surface area contributed by atoms with E-state index in [1.165, 1.54) is 372 Å². The maximum absolute atomic E-state index is 13.0. The van der Waals surface area contributed by atoms with Crippen molar-refractivity contribution in [2.45, 2.75) is 450 Å². The van der Waals surface area contributed by atoms with Crippen LogP contribution in [0.3, 0.4) is 0 Å². The van der Waals surface area contributed by atoms with Gasteiger partial charge in [0, 0.05) is 12.8 Å². The number of rotatable bonds is 79. The highest BCUT2D eigenvalue weighted by atomic mass is 16.7. The standard InChI is InChI=1S/C84H161NO8/c1-6-8-10-12-14-16-18-20-22-24-26-28-30-32-34-36-38-39-40-41-42-43-45-47-49-51-53-55-57-59-61-63-65-67-69-71-73-75-82(87)93-80(79-92-84(83(88)89)90-77-76-85(3,4)5)78-91-81(86)74-72-70-68-66-64-62-60-58-56-54-52-50-48-46-44-37-35-33-31-29-27-25-23-21-19-17-15-13-11-9-7-2/h24-27,80,84H,6-23,28-79H2,1-5H3/p+1/b26-24-,27-25-. The molecule has 0 spiro atoms. The number of carbonyl (C=O) groups is 3. The van der Waals surface area contributed by atoms with Crippen LogP contribution in [0, 0.1) is 0 Å². The van der Waals surface area contributed by atoms with Crippen LogP contribution in [0.4, 0.5) is 0 Å². The first-order valence-electron chi connectivity index (χ1n) is 41.5. The fourth-order valence-electron chi connectivity index (χ4n) is 12.8. The van der Waals surface area contributed by atoms with E-state index in [4.69, 9.17) is 18.9 Å². The van der Waals surface area contributed by atoms with Gasteiger partial charge in [-0.2, -0.15) is 0 Å². The topological polar surface area (TPSA) is 108 Å². The monoisotopic (exact) mass is 1310 g/mol. The summed E-state index contributed by atoms with van der Waals surface area (Å²) < 4.78 is 23.1. The molecule has 0 rings (SSSR count). The van der Waals surface area contributed by atoms with E-state index >= 15 is 0 Å². The summed E-state index contributed by atoms with van der Waals surface area (Å²) in [4.78, 5) is 37.8.